The van der Waals surface area contributed by atoms with Gasteiger partial charge in [0.15, 0.2) is 0 Å². The van der Waals surface area contributed by atoms with Crippen molar-refractivity contribution in [2.45, 2.75) is 6.54 Å². The molecule has 5 heteroatoms. The highest BCUT2D eigenvalue weighted by molar-refractivity contribution is 7.07. The summed E-state index contributed by atoms with van der Waals surface area (Å²) in [5.74, 6) is -0.0222. The van der Waals surface area contributed by atoms with Gasteiger partial charge in [-0.3, -0.25) is 4.79 Å². The van der Waals surface area contributed by atoms with Crippen molar-refractivity contribution in [3.8, 4) is 0 Å². The number of nitrogen functional groups attached to an aromatic ring is 1. The second-order valence-electron chi connectivity index (χ2n) is 4.82. The average molecular weight is 285 g/mol. The van der Waals surface area contributed by atoms with E-state index in [-0.39, 0.29) is 5.91 Å². The number of nitrogens with zero attached hydrogens (tertiary/aromatic N) is 1. The Labute approximate surface area is 120 Å². The minimum absolute atomic E-state index is 0.0222. The van der Waals surface area contributed by atoms with E-state index in [9.17, 15) is 4.79 Å². The molecule has 2 heterocycles. The molecule has 20 heavy (non-hydrogen) atoms. The van der Waals surface area contributed by atoms with Crippen molar-refractivity contribution in [2.75, 3.05) is 12.8 Å². The van der Waals surface area contributed by atoms with Gasteiger partial charge in [0, 0.05) is 30.2 Å². The first-order valence-electron chi connectivity index (χ1n) is 6.28. The van der Waals surface area contributed by atoms with Gasteiger partial charge >= 0.3 is 0 Å². The van der Waals surface area contributed by atoms with Crippen LogP contribution in [0.5, 0.6) is 0 Å². The Morgan fingerprint density at radius 2 is 2.20 bits per heavy atom. The van der Waals surface area contributed by atoms with Crippen LogP contribution in [0.2, 0.25) is 0 Å². The summed E-state index contributed by atoms with van der Waals surface area (Å²) in [4.78, 5) is 17.2. The van der Waals surface area contributed by atoms with Gasteiger partial charge in [-0.2, -0.15) is 11.3 Å². The predicted molar refractivity (Wildman–Crippen MR) is 82.8 cm³/mol. The number of carbonyl (C=O) groups is 1. The molecule has 102 valence electrons. The van der Waals surface area contributed by atoms with Gasteiger partial charge in [0.05, 0.1) is 0 Å². The molecule has 0 unspecified atom stereocenters. The van der Waals surface area contributed by atoms with Gasteiger partial charge in [0.1, 0.15) is 5.69 Å². The monoisotopic (exact) mass is 285 g/mol. The van der Waals surface area contributed by atoms with E-state index in [1.165, 1.54) is 0 Å². The molecule has 3 aromatic rings. The van der Waals surface area contributed by atoms with Crippen LogP contribution in [-0.4, -0.2) is 22.8 Å². The van der Waals surface area contributed by atoms with Gasteiger partial charge in [-0.1, -0.05) is 0 Å². The Kier molecular flexibility index (Phi) is 3.20. The number of fused-ring (bicyclic) bond motifs is 1. The van der Waals surface area contributed by atoms with Crippen molar-refractivity contribution >= 4 is 33.8 Å². The Balaban J connectivity index is 1.84. The number of hydrogen-bond acceptors (Lipinski definition) is 3. The summed E-state index contributed by atoms with van der Waals surface area (Å²) in [5, 5.41) is 5.02. The fraction of sp³-hybridized carbons (Fsp3) is 0.133. The summed E-state index contributed by atoms with van der Waals surface area (Å²) < 4.78 is 0. The van der Waals surface area contributed by atoms with Gasteiger partial charge in [0.25, 0.3) is 5.91 Å². The number of benzene rings is 1. The normalized spacial score (nSPS) is 10.8. The zero-order valence-electron chi connectivity index (χ0n) is 11.1. The van der Waals surface area contributed by atoms with E-state index in [1.807, 2.05) is 35.7 Å². The maximum Gasteiger partial charge on any atom is 0.270 e. The van der Waals surface area contributed by atoms with E-state index in [2.05, 4.69) is 10.4 Å². The molecule has 0 aliphatic rings. The van der Waals surface area contributed by atoms with E-state index in [4.69, 9.17) is 5.73 Å². The molecule has 0 atom stereocenters. The third-order valence-electron chi connectivity index (χ3n) is 3.22. The number of rotatable bonds is 3. The van der Waals surface area contributed by atoms with Crippen LogP contribution in [0.3, 0.4) is 0 Å². The molecule has 0 aliphatic carbocycles. The first-order valence-corrected chi connectivity index (χ1v) is 7.22. The lowest BCUT2D eigenvalue weighted by atomic mass is 10.2. The van der Waals surface area contributed by atoms with Gasteiger partial charge in [-0.05, 0) is 46.7 Å². The molecule has 0 aliphatic heterocycles. The van der Waals surface area contributed by atoms with Gasteiger partial charge < -0.3 is 15.6 Å². The van der Waals surface area contributed by atoms with E-state index in [0.717, 1.165) is 16.5 Å². The van der Waals surface area contributed by atoms with Crippen molar-refractivity contribution in [3.05, 3.63) is 52.3 Å². The molecule has 0 saturated carbocycles. The number of aromatic nitrogens is 1. The number of H-pyrrole nitrogens is 1. The standard InChI is InChI=1S/C15H15N3OS/c1-18(8-10-4-5-20-9-10)15(19)14-7-11-6-12(16)2-3-13(11)17-14/h2-7,9,17H,8,16H2,1H3. The molecule has 0 fully saturated rings. The summed E-state index contributed by atoms with van der Waals surface area (Å²) in [7, 11) is 1.81. The fourth-order valence-corrected chi connectivity index (χ4v) is 2.86. The Morgan fingerprint density at radius 1 is 1.35 bits per heavy atom. The number of nitrogens with one attached hydrogen (secondary N) is 1. The quantitative estimate of drug-likeness (QED) is 0.726. The summed E-state index contributed by atoms with van der Waals surface area (Å²) in [6, 6.07) is 9.45. The molecule has 2 aromatic heterocycles. The molecule has 0 spiro atoms. The minimum Gasteiger partial charge on any atom is -0.399 e. The molecule has 1 amide bonds. The highest BCUT2D eigenvalue weighted by Gasteiger charge is 2.14. The molecular formula is C15H15N3OS. The van der Waals surface area contributed by atoms with Crippen molar-refractivity contribution in [3.63, 3.8) is 0 Å². The van der Waals surface area contributed by atoms with Gasteiger partial charge in [-0.15, -0.1) is 0 Å². The van der Waals surface area contributed by atoms with E-state index >= 15 is 0 Å². The van der Waals surface area contributed by atoms with Crippen LogP contribution in [-0.2, 0) is 6.54 Å². The Bertz CT molecular complexity index is 746. The second kappa shape index (κ2) is 5.02. The number of carbonyl (C=O) groups excluding carboxylic acids is 1. The first kappa shape index (κ1) is 12.7. The summed E-state index contributed by atoms with van der Waals surface area (Å²) in [6.07, 6.45) is 0. The summed E-state index contributed by atoms with van der Waals surface area (Å²) in [5.41, 5.74) is 9.10. The summed E-state index contributed by atoms with van der Waals surface area (Å²) >= 11 is 1.63. The lowest BCUT2D eigenvalue weighted by molar-refractivity contribution is 0.0780. The van der Waals surface area contributed by atoms with Crippen LogP contribution in [0.1, 0.15) is 16.1 Å². The van der Waals surface area contributed by atoms with Crippen molar-refractivity contribution in [1.82, 2.24) is 9.88 Å². The third kappa shape index (κ3) is 2.40. The lowest BCUT2D eigenvalue weighted by Gasteiger charge is -2.15. The van der Waals surface area contributed by atoms with Crippen molar-refractivity contribution in [1.29, 1.82) is 0 Å². The number of amides is 1. The highest BCUT2D eigenvalue weighted by Crippen LogP contribution is 2.19. The number of thiophene rings is 1. The number of aromatic amines is 1. The average Bonchev–Trinajstić information content (AvgIpc) is 3.06. The van der Waals surface area contributed by atoms with E-state index in [1.54, 1.807) is 23.3 Å². The Morgan fingerprint density at radius 3 is 2.95 bits per heavy atom. The van der Waals surface area contributed by atoms with Crippen molar-refractivity contribution < 1.29 is 4.79 Å². The SMILES string of the molecule is CN(Cc1ccsc1)C(=O)c1cc2cc(N)ccc2[nH]1. The minimum atomic E-state index is -0.0222. The topological polar surface area (TPSA) is 62.1 Å². The lowest BCUT2D eigenvalue weighted by Crippen LogP contribution is -2.26. The first-order chi connectivity index (χ1) is 9.63. The van der Waals surface area contributed by atoms with Crippen LogP contribution >= 0.6 is 11.3 Å². The maximum absolute atomic E-state index is 12.4. The summed E-state index contributed by atoms with van der Waals surface area (Å²) in [6.45, 7) is 0.611. The van der Waals surface area contributed by atoms with E-state index < -0.39 is 0 Å². The molecule has 3 N–H and O–H groups in total. The molecule has 0 saturated heterocycles. The van der Waals surface area contributed by atoms with Crippen LogP contribution in [0.15, 0.2) is 41.1 Å². The zero-order valence-corrected chi connectivity index (χ0v) is 11.9. The number of nitrogens with two attached hydrogens (primary N) is 1. The molecular weight excluding hydrogens is 270 g/mol. The van der Waals surface area contributed by atoms with Crippen LogP contribution in [0, 0.1) is 0 Å². The molecule has 0 bridgehead atoms. The molecule has 4 nitrogen and oxygen atoms in total. The van der Waals surface area contributed by atoms with Gasteiger partial charge in [0.2, 0.25) is 0 Å². The zero-order chi connectivity index (χ0) is 14.1. The van der Waals surface area contributed by atoms with E-state index in [0.29, 0.717) is 17.9 Å². The Hall–Kier alpha value is -2.27. The number of hydrogen-bond donors (Lipinski definition) is 2. The maximum atomic E-state index is 12.4. The highest BCUT2D eigenvalue weighted by atomic mass is 32.1. The third-order valence-corrected chi connectivity index (χ3v) is 3.95. The smallest absolute Gasteiger partial charge is 0.270 e. The van der Waals surface area contributed by atoms with Crippen LogP contribution < -0.4 is 5.73 Å². The van der Waals surface area contributed by atoms with Crippen molar-refractivity contribution in [2.24, 2.45) is 0 Å². The predicted octanol–water partition coefficient (Wildman–Crippen LogP) is 3.08. The molecule has 3 rings (SSSR count). The molecule has 0 radical (unpaired) electrons. The second-order valence-corrected chi connectivity index (χ2v) is 5.60. The van der Waals surface area contributed by atoms with Crippen LogP contribution in [0.4, 0.5) is 5.69 Å². The fourth-order valence-electron chi connectivity index (χ4n) is 2.20. The number of anilines is 1. The largest absolute Gasteiger partial charge is 0.399 e. The van der Waals surface area contributed by atoms with Crippen LogP contribution in [0.25, 0.3) is 10.9 Å². The van der Waals surface area contributed by atoms with Gasteiger partial charge in [-0.25, -0.2) is 0 Å². The molecule has 1 aromatic carbocycles.